The molecule has 0 radical (unpaired) electrons. The van der Waals surface area contributed by atoms with E-state index in [0.717, 1.165) is 17.7 Å². The first kappa shape index (κ1) is 14.7. The van der Waals surface area contributed by atoms with Gasteiger partial charge in [0.15, 0.2) is 0 Å². The Morgan fingerprint density at radius 1 is 1.14 bits per heavy atom. The van der Waals surface area contributed by atoms with E-state index in [4.69, 9.17) is 4.74 Å². The number of rotatable bonds is 4. The molecule has 3 atom stereocenters. The van der Waals surface area contributed by atoms with Gasteiger partial charge in [0.05, 0.1) is 7.11 Å². The summed E-state index contributed by atoms with van der Waals surface area (Å²) in [4.78, 5) is 0. The zero-order valence-corrected chi connectivity index (χ0v) is 13.5. The monoisotopic (exact) mass is 288 g/mol. The standard InChI is InChI=1S/C18H28N2O/c1-12-9-10-15(13(2)18(12)21-3)20-17-7-4-6-14(17)16-8-5-11-19-16/h9-10,14,16-17,19-20H,4-8,11H2,1-3H3. The van der Waals surface area contributed by atoms with Crippen LogP contribution in [0.1, 0.15) is 43.2 Å². The summed E-state index contributed by atoms with van der Waals surface area (Å²) >= 11 is 0. The van der Waals surface area contributed by atoms with Gasteiger partial charge >= 0.3 is 0 Å². The number of anilines is 1. The summed E-state index contributed by atoms with van der Waals surface area (Å²) in [5, 5.41) is 7.51. The molecule has 0 aromatic heterocycles. The Balaban J connectivity index is 1.76. The molecule has 3 unspecified atom stereocenters. The maximum atomic E-state index is 5.56. The highest BCUT2D eigenvalue weighted by atomic mass is 16.5. The van der Waals surface area contributed by atoms with E-state index in [-0.39, 0.29) is 0 Å². The van der Waals surface area contributed by atoms with Crippen molar-refractivity contribution < 1.29 is 4.74 Å². The molecule has 1 aliphatic carbocycles. The molecule has 116 valence electrons. The fourth-order valence-electron chi connectivity index (χ4n) is 4.22. The van der Waals surface area contributed by atoms with E-state index in [1.165, 1.54) is 55.5 Å². The minimum absolute atomic E-state index is 0.603. The molecule has 2 N–H and O–H groups in total. The van der Waals surface area contributed by atoms with E-state index >= 15 is 0 Å². The molecular formula is C18H28N2O. The summed E-state index contributed by atoms with van der Waals surface area (Å²) in [5.74, 6) is 1.80. The summed E-state index contributed by atoms with van der Waals surface area (Å²) in [6.07, 6.45) is 6.68. The van der Waals surface area contributed by atoms with Gasteiger partial charge in [0, 0.05) is 23.3 Å². The van der Waals surface area contributed by atoms with Crippen LogP contribution in [0.4, 0.5) is 5.69 Å². The molecule has 3 nitrogen and oxygen atoms in total. The quantitative estimate of drug-likeness (QED) is 0.887. The average Bonchev–Trinajstić information content (AvgIpc) is 3.13. The average molecular weight is 288 g/mol. The molecule has 2 fully saturated rings. The summed E-state index contributed by atoms with van der Waals surface area (Å²) in [5.41, 5.74) is 3.69. The number of ether oxygens (including phenoxy) is 1. The molecule has 1 aromatic carbocycles. The Morgan fingerprint density at radius 2 is 2.00 bits per heavy atom. The minimum atomic E-state index is 0.603. The van der Waals surface area contributed by atoms with Gasteiger partial charge in [-0.15, -0.1) is 0 Å². The zero-order chi connectivity index (χ0) is 14.8. The van der Waals surface area contributed by atoms with Crippen LogP contribution >= 0.6 is 0 Å². The second-order valence-corrected chi connectivity index (χ2v) is 6.64. The van der Waals surface area contributed by atoms with Gasteiger partial charge in [-0.3, -0.25) is 0 Å². The lowest BCUT2D eigenvalue weighted by atomic mass is 9.92. The highest BCUT2D eigenvalue weighted by Crippen LogP contribution is 2.36. The van der Waals surface area contributed by atoms with Gasteiger partial charge in [-0.2, -0.15) is 0 Å². The molecule has 0 bridgehead atoms. The fraction of sp³-hybridized carbons (Fsp3) is 0.667. The Hall–Kier alpha value is -1.22. The van der Waals surface area contributed by atoms with Gasteiger partial charge in [0.1, 0.15) is 5.75 Å². The van der Waals surface area contributed by atoms with Gasteiger partial charge in [0.25, 0.3) is 0 Å². The van der Waals surface area contributed by atoms with Crippen LogP contribution in [-0.4, -0.2) is 25.7 Å². The molecule has 1 saturated heterocycles. The van der Waals surface area contributed by atoms with Gasteiger partial charge < -0.3 is 15.4 Å². The van der Waals surface area contributed by atoms with E-state index in [1.54, 1.807) is 7.11 Å². The number of hydrogen-bond donors (Lipinski definition) is 2. The van der Waals surface area contributed by atoms with Crippen LogP contribution in [-0.2, 0) is 0 Å². The lowest BCUT2D eigenvalue weighted by Gasteiger charge is -2.28. The van der Waals surface area contributed by atoms with E-state index in [1.807, 2.05) is 0 Å². The predicted molar refractivity (Wildman–Crippen MR) is 88.2 cm³/mol. The molecule has 2 aliphatic rings. The molecule has 1 heterocycles. The second kappa shape index (κ2) is 6.27. The Morgan fingerprint density at radius 3 is 2.71 bits per heavy atom. The van der Waals surface area contributed by atoms with Crippen molar-refractivity contribution in [1.29, 1.82) is 0 Å². The third kappa shape index (κ3) is 2.89. The summed E-state index contributed by atoms with van der Waals surface area (Å²) < 4.78 is 5.56. The number of benzene rings is 1. The van der Waals surface area contributed by atoms with Crippen molar-refractivity contribution in [1.82, 2.24) is 5.32 Å². The second-order valence-electron chi connectivity index (χ2n) is 6.64. The van der Waals surface area contributed by atoms with Crippen molar-refractivity contribution in [2.75, 3.05) is 19.0 Å². The number of nitrogens with one attached hydrogen (secondary N) is 2. The molecular weight excluding hydrogens is 260 g/mol. The SMILES string of the molecule is COc1c(C)ccc(NC2CCCC2C2CCCN2)c1C. The first-order valence-electron chi connectivity index (χ1n) is 8.35. The van der Waals surface area contributed by atoms with Crippen molar-refractivity contribution in [3.8, 4) is 5.75 Å². The normalized spacial score (nSPS) is 28.8. The predicted octanol–water partition coefficient (Wildman–Crippen LogP) is 3.64. The lowest BCUT2D eigenvalue weighted by Crippen LogP contribution is -2.38. The fourth-order valence-corrected chi connectivity index (χ4v) is 4.22. The number of methoxy groups -OCH3 is 1. The van der Waals surface area contributed by atoms with Crippen molar-refractivity contribution >= 4 is 5.69 Å². The van der Waals surface area contributed by atoms with E-state index in [9.17, 15) is 0 Å². The first-order chi connectivity index (χ1) is 10.2. The van der Waals surface area contributed by atoms with Gasteiger partial charge in [-0.1, -0.05) is 12.5 Å². The summed E-state index contributed by atoms with van der Waals surface area (Å²) in [6, 6.07) is 5.70. The third-order valence-electron chi connectivity index (χ3n) is 5.33. The van der Waals surface area contributed by atoms with Crippen LogP contribution in [0.5, 0.6) is 5.75 Å². The highest BCUT2D eigenvalue weighted by Gasteiger charge is 2.35. The van der Waals surface area contributed by atoms with Crippen LogP contribution < -0.4 is 15.4 Å². The molecule has 0 spiro atoms. The minimum Gasteiger partial charge on any atom is -0.496 e. The third-order valence-corrected chi connectivity index (χ3v) is 5.33. The molecule has 3 heteroatoms. The van der Waals surface area contributed by atoms with Gasteiger partial charge in [0.2, 0.25) is 0 Å². The highest BCUT2D eigenvalue weighted by molar-refractivity contribution is 5.60. The van der Waals surface area contributed by atoms with Crippen molar-refractivity contribution in [3.63, 3.8) is 0 Å². The van der Waals surface area contributed by atoms with Gasteiger partial charge in [-0.05, 0) is 63.6 Å². The van der Waals surface area contributed by atoms with Crippen LogP contribution in [0.25, 0.3) is 0 Å². The Kier molecular flexibility index (Phi) is 4.39. The maximum Gasteiger partial charge on any atom is 0.126 e. The van der Waals surface area contributed by atoms with Crippen LogP contribution in [0, 0.1) is 19.8 Å². The van der Waals surface area contributed by atoms with Crippen LogP contribution in [0.15, 0.2) is 12.1 Å². The summed E-state index contributed by atoms with van der Waals surface area (Å²) in [6.45, 7) is 5.47. The Labute approximate surface area is 128 Å². The molecule has 1 aromatic rings. The Bertz CT molecular complexity index is 494. The zero-order valence-electron chi connectivity index (χ0n) is 13.5. The molecule has 21 heavy (non-hydrogen) atoms. The number of aryl methyl sites for hydroxylation is 1. The number of hydrogen-bond acceptors (Lipinski definition) is 3. The van der Waals surface area contributed by atoms with Gasteiger partial charge in [-0.25, -0.2) is 0 Å². The smallest absolute Gasteiger partial charge is 0.126 e. The van der Waals surface area contributed by atoms with Crippen molar-refractivity contribution in [3.05, 3.63) is 23.3 Å². The largest absolute Gasteiger partial charge is 0.496 e. The summed E-state index contributed by atoms with van der Waals surface area (Å²) in [7, 11) is 1.76. The van der Waals surface area contributed by atoms with Crippen LogP contribution in [0.2, 0.25) is 0 Å². The van der Waals surface area contributed by atoms with E-state index in [0.29, 0.717) is 6.04 Å². The molecule has 1 aliphatic heterocycles. The first-order valence-corrected chi connectivity index (χ1v) is 8.35. The lowest BCUT2D eigenvalue weighted by molar-refractivity contribution is 0.375. The van der Waals surface area contributed by atoms with Crippen molar-refractivity contribution in [2.45, 2.75) is 58.0 Å². The maximum absolute atomic E-state index is 5.56. The topological polar surface area (TPSA) is 33.3 Å². The molecule has 3 rings (SSSR count). The van der Waals surface area contributed by atoms with E-state index in [2.05, 4.69) is 36.6 Å². The molecule has 0 amide bonds. The van der Waals surface area contributed by atoms with Crippen molar-refractivity contribution in [2.24, 2.45) is 5.92 Å². The van der Waals surface area contributed by atoms with Crippen LogP contribution in [0.3, 0.4) is 0 Å². The molecule has 1 saturated carbocycles. The van der Waals surface area contributed by atoms with E-state index < -0.39 is 0 Å².